The van der Waals surface area contributed by atoms with Gasteiger partial charge in [-0.1, -0.05) is 0 Å². The maximum absolute atomic E-state index is 12.2. The summed E-state index contributed by atoms with van der Waals surface area (Å²) in [5.74, 6) is 0. The molecule has 0 saturated heterocycles. The summed E-state index contributed by atoms with van der Waals surface area (Å²) in [5.41, 5.74) is -0.586. The summed E-state index contributed by atoms with van der Waals surface area (Å²) in [6, 6.07) is -0.188. The minimum absolute atomic E-state index is 0.188. The molecule has 0 aromatic rings. The maximum Gasteiger partial charge on any atom is 0.432 e. The van der Waals surface area contributed by atoms with Gasteiger partial charge in [-0.15, -0.1) is 0 Å². The third-order valence-electron chi connectivity index (χ3n) is 2.10. The topological polar surface area (TPSA) is 6.48 Å². The van der Waals surface area contributed by atoms with Crippen molar-refractivity contribution in [3.63, 3.8) is 0 Å². The van der Waals surface area contributed by atoms with Crippen LogP contribution >= 0.6 is 0 Å². The van der Waals surface area contributed by atoms with Crippen LogP contribution in [0, 0.1) is 0 Å². The maximum atomic E-state index is 12.2. The second-order valence-corrected chi connectivity index (χ2v) is 2.89. The Bertz CT molecular complexity index is 209. The highest BCUT2D eigenvalue weighted by Gasteiger charge is 2.41. The first-order chi connectivity index (χ1) is 5.34. The molecule has 1 aliphatic rings. The molecule has 1 heterocycles. The van der Waals surface area contributed by atoms with E-state index >= 15 is 0 Å². The van der Waals surface area contributed by atoms with Gasteiger partial charge in [0.05, 0.1) is 0 Å². The predicted octanol–water partition coefficient (Wildman–Crippen LogP) is 1.61. The number of hydrogen-bond acceptors (Lipinski definition) is 2. The molecule has 12 heavy (non-hydrogen) atoms. The van der Waals surface area contributed by atoms with E-state index in [1.807, 2.05) is 0 Å². The fourth-order valence-electron chi connectivity index (χ4n) is 1.17. The molecule has 1 atom stereocenters. The molecule has 0 bridgehead atoms. The summed E-state index contributed by atoms with van der Waals surface area (Å²) >= 11 is 0. The lowest BCUT2D eigenvalue weighted by Gasteiger charge is -2.27. The van der Waals surface area contributed by atoms with Gasteiger partial charge in [-0.25, -0.2) is 5.01 Å². The molecule has 5 heteroatoms. The van der Waals surface area contributed by atoms with E-state index in [0.717, 1.165) is 5.01 Å². The Balaban J connectivity index is 2.87. The van der Waals surface area contributed by atoms with Crippen molar-refractivity contribution in [2.45, 2.75) is 19.1 Å². The summed E-state index contributed by atoms with van der Waals surface area (Å²) in [7, 11) is 3.03. The molecule has 0 aliphatic carbocycles. The second kappa shape index (κ2) is 2.65. The van der Waals surface area contributed by atoms with Crippen molar-refractivity contribution in [1.29, 1.82) is 0 Å². The first-order valence-corrected chi connectivity index (χ1v) is 3.59. The molecular formula is C7H11F3N2. The standard InChI is InChI=1S/C7H11F3N2/c1-5-4-6(7(8,9)10)12(3)11(5)2/h4-5H,1-3H3. The molecule has 0 N–H and O–H groups in total. The molecule has 0 aromatic heterocycles. The van der Waals surface area contributed by atoms with Crippen molar-refractivity contribution < 1.29 is 13.2 Å². The summed E-state index contributed by atoms with van der Waals surface area (Å²) in [6.45, 7) is 1.72. The van der Waals surface area contributed by atoms with E-state index in [4.69, 9.17) is 0 Å². The van der Waals surface area contributed by atoms with Gasteiger partial charge in [0.25, 0.3) is 0 Å². The van der Waals surface area contributed by atoms with Crippen molar-refractivity contribution in [2.75, 3.05) is 14.1 Å². The van der Waals surface area contributed by atoms with Crippen LogP contribution < -0.4 is 0 Å². The number of hydrazine groups is 1. The highest BCUT2D eigenvalue weighted by atomic mass is 19.4. The van der Waals surface area contributed by atoms with Crippen molar-refractivity contribution in [2.24, 2.45) is 0 Å². The molecule has 0 fully saturated rings. The normalized spacial score (nSPS) is 26.3. The number of nitrogens with zero attached hydrogens (tertiary/aromatic N) is 2. The zero-order chi connectivity index (χ0) is 9.52. The van der Waals surface area contributed by atoms with Crippen molar-refractivity contribution >= 4 is 0 Å². The van der Waals surface area contributed by atoms with Gasteiger partial charge in [0.1, 0.15) is 5.70 Å². The molecule has 70 valence electrons. The Morgan fingerprint density at radius 2 is 1.83 bits per heavy atom. The van der Waals surface area contributed by atoms with Gasteiger partial charge < -0.3 is 5.01 Å². The molecule has 0 radical (unpaired) electrons. The largest absolute Gasteiger partial charge is 0.432 e. The van der Waals surface area contributed by atoms with E-state index in [9.17, 15) is 13.2 Å². The molecule has 1 unspecified atom stereocenters. The summed E-state index contributed by atoms with van der Waals surface area (Å²) in [6.07, 6.45) is -3.03. The van der Waals surface area contributed by atoms with E-state index in [2.05, 4.69) is 0 Å². The SMILES string of the molecule is CC1C=C(C(F)(F)F)N(C)N1C. The number of allylic oxidation sites excluding steroid dienone is 1. The van der Waals surface area contributed by atoms with Crippen LogP contribution in [0.25, 0.3) is 0 Å². The third kappa shape index (κ3) is 1.41. The van der Waals surface area contributed by atoms with Crippen LogP contribution in [0.5, 0.6) is 0 Å². The first-order valence-electron chi connectivity index (χ1n) is 3.59. The molecule has 1 rings (SSSR count). The lowest BCUT2D eigenvalue weighted by Crippen LogP contribution is -2.37. The van der Waals surface area contributed by atoms with E-state index < -0.39 is 11.9 Å². The van der Waals surface area contributed by atoms with Crippen molar-refractivity contribution in [3.05, 3.63) is 11.8 Å². The van der Waals surface area contributed by atoms with Gasteiger partial charge in [-0.05, 0) is 13.0 Å². The summed E-state index contributed by atoms with van der Waals surface area (Å²) < 4.78 is 36.7. The summed E-state index contributed by atoms with van der Waals surface area (Å²) in [5, 5.41) is 2.65. The summed E-state index contributed by atoms with van der Waals surface area (Å²) in [4.78, 5) is 0. The average Bonchev–Trinajstić information content (AvgIpc) is 2.15. The number of rotatable bonds is 0. The predicted molar refractivity (Wildman–Crippen MR) is 39.1 cm³/mol. The molecular weight excluding hydrogens is 169 g/mol. The van der Waals surface area contributed by atoms with Crippen LogP contribution in [0.2, 0.25) is 0 Å². The highest BCUT2D eigenvalue weighted by Crippen LogP contribution is 2.33. The van der Waals surface area contributed by atoms with Crippen LogP contribution in [0.3, 0.4) is 0 Å². The zero-order valence-corrected chi connectivity index (χ0v) is 7.18. The Labute approximate surface area is 69.2 Å². The fraction of sp³-hybridized carbons (Fsp3) is 0.714. The van der Waals surface area contributed by atoms with Gasteiger partial charge in [0.15, 0.2) is 0 Å². The minimum Gasteiger partial charge on any atom is -0.304 e. The van der Waals surface area contributed by atoms with Crippen molar-refractivity contribution in [3.8, 4) is 0 Å². The number of halogens is 3. The van der Waals surface area contributed by atoms with Crippen LogP contribution in [0.15, 0.2) is 11.8 Å². The highest BCUT2D eigenvalue weighted by molar-refractivity contribution is 5.14. The molecule has 2 nitrogen and oxygen atoms in total. The minimum atomic E-state index is -4.24. The molecule has 0 amide bonds. The van der Waals surface area contributed by atoms with E-state index in [1.165, 1.54) is 18.1 Å². The molecule has 0 spiro atoms. The number of hydrogen-bond donors (Lipinski definition) is 0. The fourth-order valence-corrected chi connectivity index (χ4v) is 1.17. The second-order valence-electron chi connectivity index (χ2n) is 2.89. The van der Waals surface area contributed by atoms with Crippen molar-refractivity contribution in [1.82, 2.24) is 10.0 Å². The van der Waals surface area contributed by atoms with Gasteiger partial charge in [-0.2, -0.15) is 13.2 Å². The average molecular weight is 180 g/mol. The third-order valence-corrected chi connectivity index (χ3v) is 2.10. The van der Waals surface area contributed by atoms with E-state index in [0.29, 0.717) is 0 Å². The Kier molecular flexibility index (Phi) is 2.07. The number of likely N-dealkylation sites (N-methyl/N-ethyl adjacent to an activating group) is 1. The van der Waals surface area contributed by atoms with Crippen LogP contribution in [0.4, 0.5) is 13.2 Å². The van der Waals surface area contributed by atoms with Crippen LogP contribution in [0.1, 0.15) is 6.92 Å². The van der Waals surface area contributed by atoms with Gasteiger partial charge in [-0.3, -0.25) is 0 Å². The number of alkyl halides is 3. The van der Waals surface area contributed by atoms with Crippen LogP contribution in [-0.4, -0.2) is 36.3 Å². The quantitative estimate of drug-likeness (QED) is 0.558. The Hall–Kier alpha value is -0.710. The van der Waals surface area contributed by atoms with Gasteiger partial charge >= 0.3 is 6.18 Å². The zero-order valence-electron chi connectivity index (χ0n) is 7.18. The molecule has 0 aromatic carbocycles. The lowest BCUT2D eigenvalue weighted by molar-refractivity contribution is -0.124. The van der Waals surface area contributed by atoms with Crippen LogP contribution in [-0.2, 0) is 0 Å². The molecule has 0 saturated carbocycles. The first kappa shape index (κ1) is 9.38. The Morgan fingerprint density at radius 3 is 2.00 bits per heavy atom. The lowest BCUT2D eigenvalue weighted by atomic mass is 10.3. The van der Waals surface area contributed by atoms with E-state index in [-0.39, 0.29) is 6.04 Å². The van der Waals surface area contributed by atoms with E-state index in [1.54, 1.807) is 14.0 Å². The van der Waals surface area contributed by atoms with Gasteiger partial charge in [0.2, 0.25) is 0 Å². The Morgan fingerprint density at radius 1 is 1.33 bits per heavy atom. The smallest absolute Gasteiger partial charge is 0.304 e. The van der Waals surface area contributed by atoms with Gasteiger partial charge in [0, 0.05) is 20.1 Å². The molecule has 1 aliphatic heterocycles. The monoisotopic (exact) mass is 180 g/mol.